The van der Waals surface area contributed by atoms with E-state index < -0.39 is 0 Å². The number of hydrogen-bond acceptors (Lipinski definition) is 1. The van der Waals surface area contributed by atoms with Gasteiger partial charge in [0.05, 0.1) is 0 Å². The quantitative estimate of drug-likeness (QED) is 0.686. The van der Waals surface area contributed by atoms with Gasteiger partial charge < -0.3 is 0 Å². The molecule has 0 aliphatic carbocycles. The van der Waals surface area contributed by atoms with Crippen molar-refractivity contribution >= 4 is 5.57 Å². The highest BCUT2D eigenvalue weighted by Crippen LogP contribution is 2.14. The predicted octanol–water partition coefficient (Wildman–Crippen LogP) is 3.38. The third-order valence-electron chi connectivity index (χ3n) is 2.01. The maximum atomic E-state index is 4.46. The predicted molar refractivity (Wildman–Crippen MR) is 57.7 cm³/mol. The lowest BCUT2D eigenvalue weighted by Crippen LogP contribution is -1.94. The van der Waals surface area contributed by atoms with E-state index in [-0.39, 0.29) is 0 Å². The Kier molecular flexibility index (Phi) is 3.24. The summed E-state index contributed by atoms with van der Waals surface area (Å²) in [6.07, 6.45) is 2.20. The Balaban J connectivity index is 3.03. The molecule has 0 atom stereocenters. The summed E-state index contributed by atoms with van der Waals surface area (Å²) in [7, 11) is 0. The van der Waals surface area contributed by atoms with Gasteiger partial charge in [-0.25, -0.2) is 0 Å². The van der Waals surface area contributed by atoms with Crippen LogP contribution in [0, 0.1) is 6.92 Å². The Hall–Kier alpha value is -1.11. The second kappa shape index (κ2) is 4.22. The number of rotatable bonds is 3. The molecule has 1 nitrogen and oxygen atoms in total. The van der Waals surface area contributed by atoms with Gasteiger partial charge in [0.1, 0.15) is 0 Å². The van der Waals surface area contributed by atoms with Crippen LogP contribution in [0.3, 0.4) is 0 Å². The molecule has 0 aliphatic heterocycles. The first kappa shape index (κ1) is 9.97. The van der Waals surface area contributed by atoms with Gasteiger partial charge in [-0.3, -0.25) is 4.98 Å². The molecule has 0 radical (unpaired) electrons. The van der Waals surface area contributed by atoms with E-state index in [1.807, 2.05) is 13.8 Å². The number of pyridine rings is 1. The molecule has 1 aromatic rings. The summed E-state index contributed by atoms with van der Waals surface area (Å²) in [5.41, 5.74) is 4.60. The maximum Gasteiger partial charge on any atom is 0.0412 e. The zero-order chi connectivity index (χ0) is 9.84. The number of aromatic nitrogens is 1. The van der Waals surface area contributed by atoms with Crippen molar-refractivity contribution in [2.75, 3.05) is 0 Å². The molecule has 0 unspecified atom stereocenters. The topological polar surface area (TPSA) is 12.9 Å². The summed E-state index contributed by atoms with van der Waals surface area (Å²) >= 11 is 0. The van der Waals surface area contributed by atoms with Crippen LogP contribution in [0.1, 0.15) is 37.2 Å². The molecular weight excluding hydrogens is 158 g/mol. The largest absolute Gasteiger partial charge is 0.258 e. The standard InChI is InChI=1S/C12H17N/c1-5-6-12-8-11(9(2)3)7-10(4)13-12/h7-8H,2,5-6H2,1,3-4H3. The van der Waals surface area contributed by atoms with Gasteiger partial charge in [-0.15, -0.1) is 0 Å². The third kappa shape index (κ3) is 2.69. The number of allylic oxidation sites excluding steroid dienone is 1. The summed E-state index contributed by atoms with van der Waals surface area (Å²) < 4.78 is 0. The van der Waals surface area contributed by atoms with Crippen LogP contribution in [0.15, 0.2) is 18.7 Å². The summed E-state index contributed by atoms with van der Waals surface area (Å²) in [4.78, 5) is 4.46. The van der Waals surface area contributed by atoms with Crippen LogP contribution in [0.4, 0.5) is 0 Å². The zero-order valence-corrected chi connectivity index (χ0v) is 8.72. The van der Waals surface area contributed by atoms with E-state index in [0.29, 0.717) is 0 Å². The highest BCUT2D eigenvalue weighted by atomic mass is 14.7. The lowest BCUT2D eigenvalue weighted by molar-refractivity contribution is 0.873. The van der Waals surface area contributed by atoms with E-state index >= 15 is 0 Å². The number of hydrogen-bond donors (Lipinski definition) is 0. The molecule has 0 aliphatic rings. The van der Waals surface area contributed by atoms with Gasteiger partial charge in [0.2, 0.25) is 0 Å². The Morgan fingerprint density at radius 2 is 2.15 bits per heavy atom. The fraction of sp³-hybridized carbons (Fsp3) is 0.417. The van der Waals surface area contributed by atoms with Crippen LogP contribution < -0.4 is 0 Å². The van der Waals surface area contributed by atoms with E-state index in [2.05, 4.69) is 30.6 Å². The molecule has 1 heteroatoms. The highest BCUT2D eigenvalue weighted by Gasteiger charge is 1.99. The lowest BCUT2D eigenvalue weighted by Gasteiger charge is -2.05. The van der Waals surface area contributed by atoms with E-state index in [1.54, 1.807) is 0 Å². The van der Waals surface area contributed by atoms with Gasteiger partial charge in [0.25, 0.3) is 0 Å². The second-order valence-electron chi connectivity index (χ2n) is 3.52. The number of nitrogens with zero attached hydrogens (tertiary/aromatic N) is 1. The van der Waals surface area contributed by atoms with Crippen molar-refractivity contribution in [2.45, 2.75) is 33.6 Å². The van der Waals surface area contributed by atoms with Crippen molar-refractivity contribution in [2.24, 2.45) is 0 Å². The molecule has 0 amide bonds. The van der Waals surface area contributed by atoms with Crippen LogP contribution in [-0.4, -0.2) is 4.98 Å². The molecular formula is C12H17N. The van der Waals surface area contributed by atoms with Crippen molar-refractivity contribution in [1.82, 2.24) is 4.98 Å². The first-order chi connectivity index (χ1) is 6.13. The van der Waals surface area contributed by atoms with Crippen LogP contribution >= 0.6 is 0 Å². The van der Waals surface area contributed by atoms with Gasteiger partial charge in [-0.2, -0.15) is 0 Å². The smallest absolute Gasteiger partial charge is 0.0412 e. The fourth-order valence-corrected chi connectivity index (χ4v) is 1.37. The van der Waals surface area contributed by atoms with Crippen molar-refractivity contribution in [1.29, 1.82) is 0 Å². The van der Waals surface area contributed by atoms with E-state index in [9.17, 15) is 0 Å². The summed E-state index contributed by atoms with van der Waals surface area (Å²) in [5, 5.41) is 0. The Bertz CT molecular complexity index is 313. The molecule has 70 valence electrons. The minimum Gasteiger partial charge on any atom is -0.258 e. The Labute approximate surface area is 80.5 Å². The van der Waals surface area contributed by atoms with E-state index in [0.717, 1.165) is 24.1 Å². The van der Waals surface area contributed by atoms with Crippen LogP contribution in [0.25, 0.3) is 5.57 Å². The monoisotopic (exact) mass is 175 g/mol. The molecule has 0 saturated heterocycles. The average molecular weight is 175 g/mol. The molecule has 13 heavy (non-hydrogen) atoms. The van der Waals surface area contributed by atoms with Gasteiger partial charge in [-0.1, -0.05) is 25.5 Å². The summed E-state index contributed by atoms with van der Waals surface area (Å²) in [5.74, 6) is 0. The maximum absolute atomic E-state index is 4.46. The molecule has 0 spiro atoms. The van der Waals surface area contributed by atoms with Crippen LogP contribution in [0.2, 0.25) is 0 Å². The van der Waals surface area contributed by atoms with Gasteiger partial charge >= 0.3 is 0 Å². The highest BCUT2D eigenvalue weighted by molar-refractivity contribution is 5.61. The third-order valence-corrected chi connectivity index (χ3v) is 2.01. The molecule has 0 N–H and O–H groups in total. The minimum atomic E-state index is 1.06. The molecule has 1 heterocycles. The van der Waals surface area contributed by atoms with Gasteiger partial charge in [0.15, 0.2) is 0 Å². The SMILES string of the molecule is C=C(C)c1cc(C)nc(CCC)c1. The second-order valence-corrected chi connectivity index (χ2v) is 3.52. The summed E-state index contributed by atoms with van der Waals surface area (Å²) in [6, 6.07) is 4.22. The minimum absolute atomic E-state index is 1.06. The molecule has 0 fully saturated rings. The molecule has 1 aromatic heterocycles. The Morgan fingerprint density at radius 3 is 2.69 bits per heavy atom. The van der Waals surface area contributed by atoms with Gasteiger partial charge in [-0.05, 0) is 38.0 Å². The first-order valence-electron chi connectivity index (χ1n) is 4.77. The average Bonchev–Trinajstić information content (AvgIpc) is 2.03. The molecule has 0 aromatic carbocycles. The molecule has 0 saturated carbocycles. The van der Waals surface area contributed by atoms with Gasteiger partial charge in [0, 0.05) is 11.4 Å². The van der Waals surface area contributed by atoms with Crippen molar-refractivity contribution in [3.63, 3.8) is 0 Å². The lowest BCUT2D eigenvalue weighted by atomic mass is 10.1. The molecule has 1 rings (SSSR count). The van der Waals surface area contributed by atoms with Crippen molar-refractivity contribution in [3.8, 4) is 0 Å². The number of aryl methyl sites for hydroxylation is 2. The van der Waals surface area contributed by atoms with Crippen molar-refractivity contribution < 1.29 is 0 Å². The Morgan fingerprint density at radius 1 is 1.46 bits per heavy atom. The van der Waals surface area contributed by atoms with Crippen LogP contribution in [0.5, 0.6) is 0 Å². The van der Waals surface area contributed by atoms with E-state index in [1.165, 1.54) is 11.3 Å². The van der Waals surface area contributed by atoms with E-state index in [4.69, 9.17) is 0 Å². The normalized spacial score (nSPS) is 10.1. The summed E-state index contributed by atoms with van der Waals surface area (Å²) in [6.45, 7) is 10.2. The van der Waals surface area contributed by atoms with Crippen LogP contribution in [-0.2, 0) is 6.42 Å². The van der Waals surface area contributed by atoms with Crippen molar-refractivity contribution in [3.05, 3.63) is 35.7 Å². The first-order valence-corrected chi connectivity index (χ1v) is 4.77. The molecule has 0 bridgehead atoms. The zero-order valence-electron chi connectivity index (χ0n) is 8.72. The fourth-order valence-electron chi connectivity index (χ4n) is 1.37.